The Morgan fingerprint density at radius 3 is 3.00 bits per heavy atom. The van der Waals surface area contributed by atoms with Gasteiger partial charge in [0.2, 0.25) is 5.91 Å². The fraction of sp³-hybridized carbons (Fsp3) is 0.450. The molecule has 1 aromatic heterocycles. The smallest absolute Gasteiger partial charge is 0.255 e. The van der Waals surface area contributed by atoms with Crippen molar-refractivity contribution in [2.45, 2.75) is 39.3 Å². The average molecular weight is 388 g/mol. The van der Waals surface area contributed by atoms with E-state index in [-0.39, 0.29) is 24.7 Å². The van der Waals surface area contributed by atoms with Crippen LogP contribution in [0.25, 0.3) is 0 Å². The van der Waals surface area contributed by atoms with E-state index in [1.165, 1.54) is 6.07 Å². The van der Waals surface area contributed by atoms with E-state index in [1.807, 2.05) is 24.6 Å². The van der Waals surface area contributed by atoms with Gasteiger partial charge in [-0.2, -0.15) is 0 Å². The van der Waals surface area contributed by atoms with Crippen molar-refractivity contribution in [1.82, 2.24) is 14.5 Å². The highest BCUT2D eigenvalue weighted by molar-refractivity contribution is 5.95. The first-order chi connectivity index (χ1) is 13.5. The molecule has 0 bridgehead atoms. The van der Waals surface area contributed by atoms with Gasteiger partial charge in [-0.05, 0) is 24.6 Å². The molecule has 0 saturated carbocycles. The number of benzene rings is 1. The summed E-state index contributed by atoms with van der Waals surface area (Å²) in [5.41, 5.74) is 0.952. The zero-order valence-electron chi connectivity index (χ0n) is 16.2. The van der Waals surface area contributed by atoms with Crippen LogP contribution in [0.5, 0.6) is 0 Å². The highest BCUT2D eigenvalue weighted by atomic mass is 19.1. The van der Waals surface area contributed by atoms with E-state index in [1.54, 1.807) is 23.2 Å². The van der Waals surface area contributed by atoms with Crippen molar-refractivity contribution >= 4 is 17.5 Å². The van der Waals surface area contributed by atoms with Gasteiger partial charge in [0.1, 0.15) is 11.6 Å². The van der Waals surface area contributed by atoms with E-state index < -0.39 is 17.8 Å². The molecule has 1 saturated heterocycles. The van der Waals surface area contributed by atoms with E-state index in [0.29, 0.717) is 19.5 Å². The Bertz CT molecular complexity index is 852. The number of hydrogen-bond acceptors (Lipinski definition) is 4. The van der Waals surface area contributed by atoms with Crippen LogP contribution in [0, 0.1) is 12.7 Å². The van der Waals surface area contributed by atoms with Crippen LogP contribution in [0.1, 0.15) is 24.7 Å². The lowest BCUT2D eigenvalue weighted by Crippen LogP contribution is -2.50. The molecule has 8 heteroatoms. The number of amides is 2. The Hall–Kier alpha value is -2.74. The minimum Gasteiger partial charge on any atom is -0.365 e. The summed E-state index contributed by atoms with van der Waals surface area (Å²) in [6, 6.07) is 4.51. The Labute approximate surface area is 163 Å². The van der Waals surface area contributed by atoms with E-state index in [9.17, 15) is 14.0 Å². The molecule has 1 unspecified atom stereocenters. The molecule has 3 rings (SSSR count). The maximum atomic E-state index is 13.9. The van der Waals surface area contributed by atoms with Crippen molar-refractivity contribution < 1.29 is 18.7 Å². The molecule has 1 atom stereocenters. The van der Waals surface area contributed by atoms with E-state index in [2.05, 4.69) is 10.3 Å². The average Bonchev–Trinajstić information content (AvgIpc) is 3.16. The fourth-order valence-electron chi connectivity index (χ4n) is 3.21. The van der Waals surface area contributed by atoms with Crippen LogP contribution in [-0.2, 0) is 27.3 Å². The van der Waals surface area contributed by atoms with E-state index >= 15 is 0 Å². The van der Waals surface area contributed by atoms with Crippen LogP contribution >= 0.6 is 0 Å². The molecule has 1 N–H and O–H groups in total. The summed E-state index contributed by atoms with van der Waals surface area (Å²) in [4.78, 5) is 30.9. The van der Waals surface area contributed by atoms with Crippen molar-refractivity contribution in [1.29, 1.82) is 0 Å². The lowest BCUT2D eigenvalue weighted by molar-refractivity contribution is -0.144. The number of rotatable bonds is 6. The van der Waals surface area contributed by atoms with Gasteiger partial charge in [-0.3, -0.25) is 9.59 Å². The summed E-state index contributed by atoms with van der Waals surface area (Å²) >= 11 is 0. The number of nitrogens with one attached hydrogen (secondary N) is 1. The third kappa shape index (κ3) is 4.75. The van der Waals surface area contributed by atoms with Gasteiger partial charge in [0.05, 0.1) is 18.8 Å². The van der Waals surface area contributed by atoms with Crippen LogP contribution in [0.15, 0.2) is 30.6 Å². The van der Waals surface area contributed by atoms with Crippen molar-refractivity contribution in [3.05, 3.63) is 47.8 Å². The number of anilines is 1. The predicted octanol–water partition coefficient (Wildman–Crippen LogP) is 2.15. The van der Waals surface area contributed by atoms with Gasteiger partial charge < -0.3 is 19.5 Å². The molecule has 2 amide bonds. The SMILES string of the molecule is CCc1nccn1CCC(=O)N1CCOC(C(=O)Nc2cc(C)ccc2F)C1. The monoisotopic (exact) mass is 388 g/mol. The molecule has 0 aliphatic carbocycles. The van der Waals surface area contributed by atoms with E-state index in [4.69, 9.17) is 4.74 Å². The highest BCUT2D eigenvalue weighted by Gasteiger charge is 2.29. The van der Waals surface area contributed by atoms with Crippen molar-refractivity contribution in [3.63, 3.8) is 0 Å². The zero-order chi connectivity index (χ0) is 20.1. The first-order valence-corrected chi connectivity index (χ1v) is 9.44. The van der Waals surface area contributed by atoms with Crippen LogP contribution in [0.2, 0.25) is 0 Å². The topological polar surface area (TPSA) is 76.5 Å². The summed E-state index contributed by atoms with van der Waals surface area (Å²) in [6.45, 7) is 5.24. The highest BCUT2D eigenvalue weighted by Crippen LogP contribution is 2.17. The van der Waals surface area contributed by atoms with Crippen LogP contribution < -0.4 is 5.32 Å². The molecule has 0 radical (unpaired) electrons. The largest absolute Gasteiger partial charge is 0.365 e. The second-order valence-electron chi connectivity index (χ2n) is 6.81. The van der Waals surface area contributed by atoms with Gasteiger partial charge in [0, 0.05) is 38.3 Å². The molecule has 7 nitrogen and oxygen atoms in total. The lowest BCUT2D eigenvalue weighted by atomic mass is 10.2. The molecular formula is C20H25FN4O3. The molecular weight excluding hydrogens is 363 g/mol. The van der Waals surface area contributed by atoms with Crippen molar-refractivity contribution in [3.8, 4) is 0 Å². The minimum absolute atomic E-state index is 0.0430. The first-order valence-electron chi connectivity index (χ1n) is 9.44. The predicted molar refractivity (Wildman–Crippen MR) is 102 cm³/mol. The molecule has 2 aromatic rings. The van der Waals surface area contributed by atoms with Crippen molar-refractivity contribution in [2.24, 2.45) is 0 Å². The van der Waals surface area contributed by atoms with Gasteiger partial charge in [-0.1, -0.05) is 13.0 Å². The minimum atomic E-state index is -0.822. The number of aryl methyl sites for hydroxylation is 3. The first kappa shape index (κ1) is 20.0. The number of halogens is 1. The number of hydrogen-bond donors (Lipinski definition) is 1. The van der Waals surface area contributed by atoms with Gasteiger partial charge in [-0.15, -0.1) is 0 Å². The van der Waals surface area contributed by atoms with Gasteiger partial charge >= 0.3 is 0 Å². The van der Waals surface area contributed by atoms with Crippen LogP contribution in [0.4, 0.5) is 10.1 Å². The Kier molecular flexibility index (Phi) is 6.41. The van der Waals surface area contributed by atoms with Crippen LogP contribution in [-0.4, -0.2) is 52.1 Å². The summed E-state index contributed by atoms with van der Waals surface area (Å²) in [5.74, 6) is -0.0644. The number of aromatic nitrogens is 2. The molecule has 1 aliphatic heterocycles. The Morgan fingerprint density at radius 2 is 2.21 bits per heavy atom. The molecule has 2 heterocycles. The van der Waals surface area contributed by atoms with Gasteiger partial charge in [0.15, 0.2) is 6.10 Å². The third-order valence-corrected chi connectivity index (χ3v) is 4.78. The number of nitrogens with zero attached hydrogens (tertiary/aromatic N) is 3. The van der Waals surface area contributed by atoms with Crippen molar-refractivity contribution in [2.75, 3.05) is 25.0 Å². The Balaban J connectivity index is 1.56. The fourth-order valence-corrected chi connectivity index (χ4v) is 3.21. The lowest BCUT2D eigenvalue weighted by Gasteiger charge is -2.32. The number of carbonyl (C=O) groups is 2. The van der Waals surface area contributed by atoms with Crippen LogP contribution in [0.3, 0.4) is 0 Å². The number of carbonyl (C=O) groups excluding carboxylic acids is 2. The second-order valence-corrected chi connectivity index (χ2v) is 6.81. The summed E-state index contributed by atoms with van der Waals surface area (Å²) < 4.78 is 21.3. The summed E-state index contributed by atoms with van der Waals surface area (Å²) in [7, 11) is 0. The normalized spacial score (nSPS) is 16.8. The number of imidazole rings is 1. The van der Waals surface area contributed by atoms with E-state index in [0.717, 1.165) is 17.8 Å². The molecule has 1 aromatic carbocycles. The third-order valence-electron chi connectivity index (χ3n) is 4.78. The maximum Gasteiger partial charge on any atom is 0.255 e. The molecule has 150 valence electrons. The molecule has 28 heavy (non-hydrogen) atoms. The van der Waals surface area contributed by atoms with Gasteiger partial charge in [0.25, 0.3) is 5.91 Å². The number of ether oxygens (including phenoxy) is 1. The maximum absolute atomic E-state index is 13.9. The number of morpholine rings is 1. The zero-order valence-corrected chi connectivity index (χ0v) is 16.2. The van der Waals surface area contributed by atoms with Gasteiger partial charge in [-0.25, -0.2) is 9.37 Å². The quantitative estimate of drug-likeness (QED) is 0.823. The second kappa shape index (κ2) is 8.97. The summed E-state index contributed by atoms with van der Waals surface area (Å²) in [6.07, 6.45) is 3.89. The standard InChI is InChI=1S/C20H25FN4O3/c1-3-18-22-7-9-24(18)8-6-19(26)25-10-11-28-17(13-25)20(27)23-16-12-14(2)4-5-15(16)21/h4-5,7,9,12,17H,3,6,8,10-11,13H2,1-2H3,(H,23,27). The summed E-state index contributed by atoms with van der Waals surface area (Å²) in [5, 5.41) is 2.56. The Morgan fingerprint density at radius 1 is 1.39 bits per heavy atom. The molecule has 1 fully saturated rings. The molecule has 0 spiro atoms. The molecule has 1 aliphatic rings.